The number of rotatable bonds is 4. The maximum Gasteiger partial charge on any atom is 0.405 e. The predicted octanol–water partition coefficient (Wildman–Crippen LogP) is 2.55. The first-order valence-corrected chi connectivity index (χ1v) is 5.71. The highest BCUT2D eigenvalue weighted by Crippen LogP contribution is 2.20. The summed E-state index contributed by atoms with van der Waals surface area (Å²) in [4.78, 5) is 8.85. The van der Waals surface area contributed by atoms with E-state index in [0.717, 1.165) is 0 Å². The first-order chi connectivity index (χ1) is 7.42. The Bertz CT molecular complexity index is 343. The molecule has 0 N–H and O–H groups in total. The van der Waals surface area contributed by atoms with Crippen molar-refractivity contribution in [1.82, 2.24) is 9.97 Å². The average molecular weight is 298 g/mol. The van der Waals surface area contributed by atoms with Gasteiger partial charge >= 0.3 is 6.18 Å². The lowest BCUT2D eigenvalue weighted by atomic mass is 10.4. The summed E-state index contributed by atoms with van der Waals surface area (Å²) in [6.07, 6.45) is -2.97. The van der Waals surface area contributed by atoms with Crippen LogP contribution in [-0.4, -0.2) is 34.6 Å². The molecule has 0 saturated carbocycles. The third-order valence-electron chi connectivity index (χ3n) is 1.84. The molecule has 90 valence electrons. The summed E-state index contributed by atoms with van der Waals surface area (Å²) in [7, 11) is 0. The molecule has 0 aliphatic heterocycles. The van der Waals surface area contributed by atoms with E-state index in [-0.39, 0.29) is 6.54 Å². The Labute approximate surface area is 99.8 Å². The highest BCUT2D eigenvalue weighted by atomic mass is 79.9. The Hall–Kier alpha value is -0.850. The van der Waals surface area contributed by atoms with Gasteiger partial charge in [0, 0.05) is 23.6 Å². The molecule has 0 atom stereocenters. The second-order valence-electron chi connectivity index (χ2n) is 3.24. The minimum absolute atomic E-state index is 0.246. The summed E-state index contributed by atoms with van der Waals surface area (Å²) >= 11 is 3.12. The van der Waals surface area contributed by atoms with Crippen molar-refractivity contribution in [2.24, 2.45) is 0 Å². The second-order valence-corrected chi connectivity index (χ2v) is 4.04. The van der Waals surface area contributed by atoms with E-state index in [1.807, 2.05) is 0 Å². The lowest BCUT2D eigenvalue weighted by Crippen LogP contribution is -2.36. The third-order valence-corrected chi connectivity index (χ3v) is 2.19. The smallest absolute Gasteiger partial charge is 0.347 e. The van der Waals surface area contributed by atoms with E-state index < -0.39 is 12.7 Å². The standard InChI is InChI=1S/C9H11BrF3N3/c1-7-4-8(15-6-14-7)16(3-2-10)5-9(11,12)13/h4,6H,2-3,5H2,1H3. The van der Waals surface area contributed by atoms with Gasteiger partial charge in [-0.05, 0) is 6.92 Å². The highest BCUT2D eigenvalue weighted by Gasteiger charge is 2.31. The number of anilines is 1. The Morgan fingerprint density at radius 3 is 2.56 bits per heavy atom. The molecule has 3 nitrogen and oxygen atoms in total. The Kier molecular flexibility index (Phi) is 4.52. The topological polar surface area (TPSA) is 29.0 Å². The van der Waals surface area contributed by atoms with Gasteiger partial charge in [0.15, 0.2) is 0 Å². The van der Waals surface area contributed by atoms with Crippen LogP contribution in [0.5, 0.6) is 0 Å². The Balaban J connectivity index is 2.85. The largest absolute Gasteiger partial charge is 0.405 e. The number of aromatic nitrogens is 2. The van der Waals surface area contributed by atoms with Gasteiger partial charge in [0.2, 0.25) is 0 Å². The van der Waals surface area contributed by atoms with Gasteiger partial charge in [0.1, 0.15) is 18.7 Å². The molecule has 0 radical (unpaired) electrons. The monoisotopic (exact) mass is 297 g/mol. The summed E-state index contributed by atoms with van der Waals surface area (Å²) in [6.45, 7) is 0.954. The van der Waals surface area contributed by atoms with Crippen LogP contribution in [0.4, 0.5) is 19.0 Å². The molecular formula is C9H11BrF3N3. The van der Waals surface area contributed by atoms with E-state index in [9.17, 15) is 13.2 Å². The van der Waals surface area contributed by atoms with Crippen molar-refractivity contribution >= 4 is 21.7 Å². The number of hydrogen-bond donors (Lipinski definition) is 0. The molecule has 1 heterocycles. The molecule has 1 aromatic rings. The lowest BCUT2D eigenvalue weighted by Gasteiger charge is -2.23. The molecule has 7 heteroatoms. The van der Waals surface area contributed by atoms with Crippen LogP contribution >= 0.6 is 15.9 Å². The van der Waals surface area contributed by atoms with E-state index in [4.69, 9.17) is 0 Å². The molecule has 0 aliphatic carbocycles. The maximum atomic E-state index is 12.3. The van der Waals surface area contributed by atoms with E-state index in [1.54, 1.807) is 6.92 Å². The van der Waals surface area contributed by atoms with Gasteiger partial charge in [-0.15, -0.1) is 0 Å². The zero-order chi connectivity index (χ0) is 12.2. The van der Waals surface area contributed by atoms with Crippen LogP contribution in [0.1, 0.15) is 5.69 Å². The van der Waals surface area contributed by atoms with Gasteiger partial charge in [-0.2, -0.15) is 13.2 Å². The van der Waals surface area contributed by atoms with Crippen LogP contribution in [0.2, 0.25) is 0 Å². The molecule has 0 unspecified atom stereocenters. The van der Waals surface area contributed by atoms with Crippen LogP contribution in [0.15, 0.2) is 12.4 Å². The number of hydrogen-bond acceptors (Lipinski definition) is 3. The zero-order valence-corrected chi connectivity index (χ0v) is 10.2. The number of nitrogens with zero attached hydrogens (tertiary/aromatic N) is 3. The first kappa shape index (κ1) is 13.2. The number of aryl methyl sites for hydroxylation is 1. The van der Waals surface area contributed by atoms with Gasteiger partial charge in [0.25, 0.3) is 0 Å². The second kappa shape index (κ2) is 5.47. The van der Waals surface area contributed by atoms with Gasteiger partial charge in [-0.1, -0.05) is 15.9 Å². The van der Waals surface area contributed by atoms with Gasteiger partial charge in [0.05, 0.1) is 0 Å². The van der Waals surface area contributed by atoms with Crippen LogP contribution in [-0.2, 0) is 0 Å². The van der Waals surface area contributed by atoms with Crippen molar-refractivity contribution < 1.29 is 13.2 Å². The highest BCUT2D eigenvalue weighted by molar-refractivity contribution is 9.09. The number of alkyl halides is 4. The van der Waals surface area contributed by atoms with Crippen molar-refractivity contribution in [3.8, 4) is 0 Å². The van der Waals surface area contributed by atoms with E-state index in [0.29, 0.717) is 16.8 Å². The quantitative estimate of drug-likeness (QED) is 0.800. The van der Waals surface area contributed by atoms with E-state index >= 15 is 0 Å². The summed E-state index contributed by atoms with van der Waals surface area (Å²) in [5.41, 5.74) is 0.645. The molecule has 0 aliphatic rings. The van der Waals surface area contributed by atoms with E-state index in [2.05, 4.69) is 25.9 Å². The zero-order valence-electron chi connectivity index (χ0n) is 8.63. The van der Waals surface area contributed by atoms with Crippen molar-refractivity contribution in [3.05, 3.63) is 18.1 Å². The molecule has 1 rings (SSSR count). The van der Waals surface area contributed by atoms with Crippen molar-refractivity contribution in [2.75, 3.05) is 23.3 Å². The molecule has 0 saturated heterocycles. The fourth-order valence-corrected chi connectivity index (χ4v) is 1.63. The van der Waals surface area contributed by atoms with E-state index in [1.165, 1.54) is 17.3 Å². The summed E-state index contributed by atoms with van der Waals surface area (Å²) in [6, 6.07) is 1.54. The molecule has 0 bridgehead atoms. The molecule has 0 spiro atoms. The van der Waals surface area contributed by atoms with Gasteiger partial charge < -0.3 is 4.90 Å². The maximum absolute atomic E-state index is 12.3. The minimum Gasteiger partial charge on any atom is -0.347 e. The Morgan fingerprint density at radius 1 is 1.38 bits per heavy atom. The average Bonchev–Trinajstić information content (AvgIpc) is 2.15. The fraction of sp³-hybridized carbons (Fsp3) is 0.556. The lowest BCUT2D eigenvalue weighted by molar-refractivity contribution is -0.119. The van der Waals surface area contributed by atoms with Crippen LogP contribution in [0, 0.1) is 6.92 Å². The SMILES string of the molecule is Cc1cc(N(CCBr)CC(F)(F)F)ncn1. The summed E-state index contributed by atoms with van der Waals surface area (Å²) < 4.78 is 36.9. The summed E-state index contributed by atoms with van der Waals surface area (Å²) in [5.74, 6) is 0.296. The van der Waals surface area contributed by atoms with Gasteiger partial charge in [-0.25, -0.2) is 9.97 Å². The number of halogens is 4. The van der Waals surface area contributed by atoms with Crippen molar-refractivity contribution in [3.63, 3.8) is 0 Å². The molecule has 0 amide bonds. The van der Waals surface area contributed by atoms with Crippen LogP contribution < -0.4 is 4.90 Å². The third kappa shape index (κ3) is 4.34. The molecular weight excluding hydrogens is 287 g/mol. The normalized spacial score (nSPS) is 11.6. The van der Waals surface area contributed by atoms with Crippen molar-refractivity contribution in [1.29, 1.82) is 0 Å². The Morgan fingerprint density at radius 2 is 2.06 bits per heavy atom. The summed E-state index contributed by atoms with van der Waals surface area (Å²) in [5, 5.41) is 0.451. The van der Waals surface area contributed by atoms with Crippen LogP contribution in [0.25, 0.3) is 0 Å². The molecule has 0 aromatic carbocycles. The van der Waals surface area contributed by atoms with Gasteiger partial charge in [-0.3, -0.25) is 0 Å². The molecule has 16 heavy (non-hydrogen) atoms. The fourth-order valence-electron chi connectivity index (χ4n) is 1.21. The van der Waals surface area contributed by atoms with Crippen molar-refractivity contribution in [2.45, 2.75) is 13.1 Å². The molecule has 0 fully saturated rings. The first-order valence-electron chi connectivity index (χ1n) is 4.58. The molecule has 1 aromatic heterocycles. The minimum atomic E-state index is -4.24. The van der Waals surface area contributed by atoms with Crippen LogP contribution in [0.3, 0.4) is 0 Å². The predicted molar refractivity (Wildman–Crippen MR) is 58.8 cm³/mol.